The molecule has 2 unspecified atom stereocenters. The molecule has 3 N–H and O–H groups in total. The van der Waals surface area contributed by atoms with Crippen LogP contribution in [0.4, 0.5) is 5.69 Å². The van der Waals surface area contributed by atoms with Crippen molar-refractivity contribution in [2.45, 2.75) is 39.5 Å². The van der Waals surface area contributed by atoms with Gasteiger partial charge in [0.05, 0.1) is 0 Å². The molecule has 1 aromatic carbocycles. The Kier molecular flexibility index (Phi) is 10.0. The van der Waals surface area contributed by atoms with Gasteiger partial charge < -0.3 is 20.9 Å². The SMILES string of the molecule is CCNC(=NCC1CCN(c2cc(Cl)ccc2C)C1)N1CCCC(CC(N)=O)C1.I. The highest BCUT2D eigenvalue weighted by atomic mass is 127. The van der Waals surface area contributed by atoms with Gasteiger partial charge in [0, 0.05) is 56.4 Å². The summed E-state index contributed by atoms with van der Waals surface area (Å²) in [5.41, 5.74) is 7.91. The van der Waals surface area contributed by atoms with Crippen LogP contribution in [0, 0.1) is 18.8 Å². The molecule has 6 nitrogen and oxygen atoms in total. The Labute approximate surface area is 202 Å². The molecule has 1 aromatic rings. The number of likely N-dealkylation sites (tertiary alicyclic amines) is 1. The van der Waals surface area contributed by atoms with Crippen molar-refractivity contribution < 1.29 is 4.79 Å². The van der Waals surface area contributed by atoms with Crippen LogP contribution >= 0.6 is 35.6 Å². The maximum absolute atomic E-state index is 11.3. The molecule has 3 rings (SSSR count). The summed E-state index contributed by atoms with van der Waals surface area (Å²) in [4.78, 5) is 21.0. The van der Waals surface area contributed by atoms with E-state index in [0.717, 1.165) is 69.5 Å². The van der Waals surface area contributed by atoms with Gasteiger partial charge in [0.2, 0.25) is 5.91 Å². The van der Waals surface area contributed by atoms with E-state index in [2.05, 4.69) is 41.1 Å². The van der Waals surface area contributed by atoms with E-state index < -0.39 is 0 Å². The van der Waals surface area contributed by atoms with E-state index in [-0.39, 0.29) is 29.9 Å². The van der Waals surface area contributed by atoms with Crippen molar-refractivity contribution in [1.29, 1.82) is 0 Å². The summed E-state index contributed by atoms with van der Waals surface area (Å²) in [5.74, 6) is 1.63. The number of amides is 1. The highest BCUT2D eigenvalue weighted by molar-refractivity contribution is 14.0. The van der Waals surface area contributed by atoms with Crippen LogP contribution < -0.4 is 16.0 Å². The number of nitrogens with one attached hydrogen (secondary N) is 1. The van der Waals surface area contributed by atoms with Gasteiger partial charge in [-0.25, -0.2) is 0 Å². The lowest BCUT2D eigenvalue weighted by Crippen LogP contribution is -2.47. The molecule has 0 bridgehead atoms. The van der Waals surface area contributed by atoms with Gasteiger partial charge in [-0.05, 0) is 62.6 Å². The first-order chi connectivity index (χ1) is 14.0. The van der Waals surface area contributed by atoms with Crippen molar-refractivity contribution >= 4 is 53.1 Å². The molecule has 0 radical (unpaired) electrons. The predicted octanol–water partition coefficient (Wildman–Crippen LogP) is 3.65. The topological polar surface area (TPSA) is 74.0 Å². The average Bonchev–Trinajstić information content (AvgIpc) is 3.15. The maximum Gasteiger partial charge on any atom is 0.217 e. The van der Waals surface area contributed by atoms with Crippen LogP contribution in [0.1, 0.15) is 38.2 Å². The van der Waals surface area contributed by atoms with Crippen molar-refractivity contribution in [3.05, 3.63) is 28.8 Å². The fourth-order valence-corrected chi connectivity index (χ4v) is 4.64. The van der Waals surface area contributed by atoms with Gasteiger partial charge in [-0.2, -0.15) is 0 Å². The fraction of sp³-hybridized carbons (Fsp3) is 0.636. The van der Waals surface area contributed by atoms with E-state index in [1.165, 1.54) is 11.3 Å². The molecule has 0 aliphatic carbocycles. The van der Waals surface area contributed by atoms with E-state index in [4.69, 9.17) is 22.3 Å². The minimum atomic E-state index is -0.207. The molecule has 0 aromatic heterocycles. The first-order valence-corrected chi connectivity index (χ1v) is 11.2. The van der Waals surface area contributed by atoms with Gasteiger partial charge in [-0.1, -0.05) is 17.7 Å². The van der Waals surface area contributed by atoms with Crippen molar-refractivity contribution in [3.63, 3.8) is 0 Å². The zero-order valence-corrected chi connectivity index (χ0v) is 21.2. The zero-order chi connectivity index (χ0) is 20.8. The average molecular weight is 548 g/mol. The monoisotopic (exact) mass is 547 g/mol. The van der Waals surface area contributed by atoms with Gasteiger partial charge >= 0.3 is 0 Å². The summed E-state index contributed by atoms with van der Waals surface area (Å²) in [6.07, 6.45) is 3.74. The number of carbonyl (C=O) groups is 1. The number of anilines is 1. The van der Waals surface area contributed by atoms with Crippen LogP contribution in [0.2, 0.25) is 5.02 Å². The number of nitrogens with two attached hydrogens (primary N) is 1. The molecule has 2 saturated heterocycles. The lowest BCUT2D eigenvalue weighted by Gasteiger charge is -2.34. The summed E-state index contributed by atoms with van der Waals surface area (Å²) in [7, 11) is 0. The molecule has 30 heavy (non-hydrogen) atoms. The second kappa shape index (κ2) is 12.0. The molecule has 8 heteroatoms. The molecule has 168 valence electrons. The Hall–Kier alpha value is -1.22. The van der Waals surface area contributed by atoms with E-state index in [0.29, 0.717) is 18.3 Å². The number of halogens is 2. The lowest BCUT2D eigenvalue weighted by atomic mass is 9.95. The van der Waals surface area contributed by atoms with Crippen LogP contribution in [-0.2, 0) is 4.79 Å². The molecule has 0 saturated carbocycles. The number of piperidine rings is 1. The molecular weight excluding hydrogens is 513 g/mol. The second-order valence-corrected chi connectivity index (χ2v) is 8.79. The first-order valence-electron chi connectivity index (χ1n) is 10.8. The van der Waals surface area contributed by atoms with E-state index in [1.807, 2.05) is 6.07 Å². The van der Waals surface area contributed by atoms with Crippen molar-refractivity contribution in [1.82, 2.24) is 10.2 Å². The maximum atomic E-state index is 11.3. The molecular formula is C22H35ClIN5O. The molecule has 1 amide bonds. The number of primary amides is 1. The fourth-order valence-electron chi connectivity index (χ4n) is 4.47. The summed E-state index contributed by atoms with van der Waals surface area (Å²) >= 11 is 6.21. The number of aliphatic imine (C=N–C) groups is 1. The smallest absolute Gasteiger partial charge is 0.217 e. The number of guanidine groups is 1. The van der Waals surface area contributed by atoms with Crippen molar-refractivity contribution in [2.24, 2.45) is 22.6 Å². The number of aryl methyl sites for hydroxylation is 1. The third-order valence-electron chi connectivity index (χ3n) is 5.94. The normalized spacial score (nSPS) is 22.0. The molecule has 2 atom stereocenters. The number of nitrogens with zero attached hydrogens (tertiary/aromatic N) is 3. The third kappa shape index (κ3) is 6.90. The van der Waals surface area contributed by atoms with Gasteiger partial charge in [0.1, 0.15) is 0 Å². The number of carbonyl (C=O) groups excluding carboxylic acids is 1. The van der Waals surface area contributed by atoms with Crippen molar-refractivity contribution in [2.75, 3.05) is 44.2 Å². The summed E-state index contributed by atoms with van der Waals surface area (Å²) in [6, 6.07) is 6.11. The Balaban J connectivity index is 0.00000320. The Morgan fingerprint density at radius 1 is 1.27 bits per heavy atom. The van der Waals surface area contributed by atoms with Crippen LogP contribution in [-0.4, -0.2) is 56.0 Å². The third-order valence-corrected chi connectivity index (χ3v) is 6.18. The first kappa shape index (κ1) is 25.0. The Morgan fingerprint density at radius 2 is 2.07 bits per heavy atom. The standard InChI is InChI=1S/C22H34ClN5O.HI/c1-3-25-22(28-9-4-5-17(14-28)11-21(24)29)26-13-18-8-10-27(15-18)20-12-19(23)7-6-16(20)2;/h6-7,12,17-18H,3-5,8-11,13-15H2,1-2H3,(H2,24,29)(H,25,26);1H. The quantitative estimate of drug-likeness (QED) is 0.324. The molecule has 2 aliphatic heterocycles. The summed E-state index contributed by atoms with van der Waals surface area (Å²) in [5, 5.41) is 4.23. The van der Waals surface area contributed by atoms with Crippen LogP contribution in [0.15, 0.2) is 23.2 Å². The predicted molar refractivity (Wildman–Crippen MR) is 136 cm³/mol. The number of benzene rings is 1. The van der Waals surface area contributed by atoms with Crippen LogP contribution in [0.3, 0.4) is 0 Å². The lowest BCUT2D eigenvalue weighted by molar-refractivity contribution is -0.119. The zero-order valence-electron chi connectivity index (χ0n) is 18.1. The van der Waals surface area contributed by atoms with Gasteiger partial charge in [-0.3, -0.25) is 9.79 Å². The summed E-state index contributed by atoms with van der Waals surface area (Å²) in [6.45, 7) is 9.78. The van der Waals surface area contributed by atoms with Gasteiger partial charge in [0.15, 0.2) is 5.96 Å². The number of hydrogen-bond donors (Lipinski definition) is 2. The number of rotatable bonds is 6. The molecule has 2 aliphatic rings. The highest BCUT2D eigenvalue weighted by Crippen LogP contribution is 2.29. The largest absolute Gasteiger partial charge is 0.371 e. The molecule has 2 heterocycles. The number of hydrogen-bond acceptors (Lipinski definition) is 3. The Morgan fingerprint density at radius 3 is 2.80 bits per heavy atom. The van der Waals surface area contributed by atoms with Gasteiger partial charge in [-0.15, -0.1) is 24.0 Å². The molecule has 2 fully saturated rings. The van der Waals surface area contributed by atoms with Crippen molar-refractivity contribution in [3.8, 4) is 0 Å². The summed E-state index contributed by atoms with van der Waals surface area (Å²) < 4.78 is 0. The van der Waals surface area contributed by atoms with E-state index in [9.17, 15) is 4.79 Å². The van der Waals surface area contributed by atoms with E-state index >= 15 is 0 Å². The minimum absolute atomic E-state index is 0. The molecule has 0 spiro atoms. The second-order valence-electron chi connectivity index (χ2n) is 8.35. The highest BCUT2D eigenvalue weighted by Gasteiger charge is 2.26. The van der Waals surface area contributed by atoms with Crippen LogP contribution in [0.25, 0.3) is 0 Å². The minimum Gasteiger partial charge on any atom is -0.371 e. The van der Waals surface area contributed by atoms with Crippen LogP contribution in [0.5, 0.6) is 0 Å². The van der Waals surface area contributed by atoms with E-state index in [1.54, 1.807) is 0 Å². The van der Waals surface area contributed by atoms with Gasteiger partial charge in [0.25, 0.3) is 0 Å². The Bertz CT molecular complexity index is 744.